The summed E-state index contributed by atoms with van der Waals surface area (Å²) in [6.45, 7) is 1.43. The van der Waals surface area contributed by atoms with E-state index in [1.807, 2.05) is 6.07 Å². The lowest BCUT2D eigenvalue weighted by Gasteiger charge is -2.34. The third-order valence-corrected chi connectivity index (χ3v) is 3.82. The van der Waals surface area contributed by atoms with Gasteiger partial charge in [-0.05, 0) is 37.6 Å². The van der Waals surface area contributed by atoms with Gasteiger partial charge in [0.05, 0.1) is 13.2 Å². The number of phenolic OH excluding ortho intramolecular Hbond substituents is 1. The Bertz CT molecular complexity index is 476. The molecule has 1 aliphatic rings. The minimum atomic E-state index is -0.112. The molecule has 1 amide bonds. The molecule has 5 nitrogen and oxygen atoms in total. The molecule has 2 rings (SSSR count). The van der Waals surface area contributed by atoms with E-state index < -0.39 is 0 Å². The van der Waals surface area contributed by atoms with Crippen LogP contribution in [0, 0.1) is 0 Å². The number of likely N-dealkylation sites (tertiary alicyclic amines) is 1. The maximum Gasteiger partial charge on any atom is 0.237 e. The summed E-state index contributed by atoms with van der Waals surface area (Å²) < 4.78 is 5.19. The maximum absolute atomic E-state index is 11.9. The van der Waals surface area contributed by atoms with Gasteiger partial charge >= 0.3 is 0 Å². The molecule has 0 spiro atoms. The van der Waals surface area contributed by atoms with Gasteiger partial charge in [-0.2, -0.15) is 0 Å². The van der Waals surface area contributed by atoms with Crippen LogP contribution in [0.3, 0.4) is 0 Å². The van der Waals surface area contributed by atoms with Crippen LogP contribution in [-0.2, 0) is 11.3 Å². The summed E-state index contributed by atoms with van der Waals surface area (Å²) >= 11 is 0. The zero-order valence-corrected chi connectivity index (χ0v) is 12.1. The second kappa shape index (κ2) is 6.61. The standard InChI is InChI=1S/C15H22N2O3/c1-16-15(19)13-5-3-4-8-17(13)10-11-9-12(20-2)6-7-14(11)18/h6-7,9,13,18H,3-5,8,10H2,1-2H3,(H,16,19). The van der Waals surface area contributed by atoms with Gasteiger partial charge in [0.25, 0.3) is 0 Å². The topological polar surface area (TPSA) is 61.8 Å². The molecule has 1 aliphatic heterocycles. The van der Waals surface area contributed by atoms with Gasteiger partial charge in [-0.1, -0.05) is 6.42 Å². The first kappa shape index (κ1) is 14.7. The Balaban J connectivity index is 2.16. The molecule has 0 bridgehead atoms. The molecule has 0 saturated carbocycles. The van der Waals surface area contributed by atoms with Crippen molar-refractivity contribution >= 4 is 5.91 Å². The Morgan fingerprint density at radius 3 is 3.00 bits per heavy atom. The molecule has 110 valence electrons. The van der Waals surface area contributed by atoms with Gasteiger partial charge < -0.3 is 15.2 Å². The Kier molecular flexibility index (Phi) is 4.84. The van der Waals surface area contributed by atoms with Crippen molar-refractivity contribution in [1.29, 1.82) is 0 Å². The highest BCUT2D eigenvalue weighted by atomic mass is 16.5. The molecule has 1 unspecified atom stereocenters. The van der Waals surface area contributed by atoms with Crippen LogP contribution in [0.2, 0.25) is 0 Å². The normalized spacial score (nSPS) is 19.6. The highest BCUT2D eigenvalue weighted by Crippen LogP contribution is 2.27. The Morgan fingerprint density at radius 2 is 2.30 bits per heavy atom. The number of nitrogens with zero attached hydrogens (tertiary/aromatic N) is 1. The molecule has 1 fully saturated rings. The SMILES string of the molecule is CNC(=O)C1CCCCN1Cc1cc(OC)ccc1O. The quantitative estimate of drug-likeness (QED) is 0.876. The summed E-state index contributed by atoms with van der Waals surface area (Å²) in [5, 5.41) is 12.7. The molecule has 5 heteroatoms. The Hall–Kier alpha value is -1.75. The highest BCUT2D eigenvalue weighted by molar-refractivity contribution is 5.81. The molecule has 2 N–H and O–H groups in total. The van der Waals surface area contributed by atoms with Crippen molar-refractivity contribution in [3.63, 3.8) is 0 Å². The number of ether oxygens (including phenoxy) is 1. The third kappa shape index (κ3) is 3.22. The molecule has 0 radical (unpaired) electrons. The molecule has 1 aromatic rings. The van der Waals surface area contributed by atoms with Crippen LogP contribution in [0.4, 0.5) is 0 Å². The molecule has 20 heavy (non-hydrogen) atoms. The van der Waals surface area contributed by atoms with Crippen molar-refractivity contribution in [1.82, 2.24) is 10.2 Å². The van der Waals surface area contributed by atoms with Crippen molar-refractivity contribution < 1.29 is 14.6 Å². The summed E-state index contributed by atoms with van der Waals surface area (Å²) in [7, 11) is 3.27. The van der Waals surface area contributed by atoms with Crippen molar-refractivity contribution in [2.75, 3.05) is 20.7 Å². The van der Waals surface area contributed by atoms with Gasteiger partial charge in [0.15, 0.2) is 0 Å². The number of rotatable bonds is 4. The van der Waals surface area contributed by atoms with Gasteiger partial charge in [-0.15, -0.1) is 0 Å². The number of phenols is 1. The van der Waals surface area contributed by atoms with E-state index in [0.717, 1.165) is 31.4 Å². The number of benzene rings is 1. The smallest absolute Gasteiger partial charge is 0.237 e. The fourth-order valence-electron chi connectivity index (χ4n) is 2.68. The van der Waals surface area contributed by atoms with Crippen LogP contribution in [-0.4, -0.2) is 42.7 Å². The molecule has 1 atom stereocenters. The lowest BCUT2D eigenvalue weighted by atomic mass is 10.00. The molecule has 0 aliphatic carbocycles. The Labute approximate surface area is 119 Å². The van der Waals surface area contributed by atoms with E-state index in [9.17, 15) is 9.90 Å². The predicted molar refractivity (Wildman–Crippen MR) is 76.8 cm³/mol. The molecule has 1 aromatic carbocycles. The van der Waals surface area contributed by atoms with Crippen molar-refractivity contribution in [3.05, 3.63) is 23.8 Å². The van der Waals surface area contributed by atoms with Gasteiger partial charge in [-0.25, -0.2) is 0 Å². The van der Waals surface area contributed by atoms with Gasteiger partial charge in [0.2, 0.25) is 5.91 Å². The monoisotopic (exact) mass is 278 g/mol. The van der Waals surface area contributed by atoms with Crippen molar-refractivity contribution in [2.45, 2.75) is 31.8 Å². The van der Waals surface area contributed by atoms with E-state index in [0.29, 0.717) is 12.3 Å². The van der Waals surface area contributed by atoms with Crippen LogP contribution in [0.1, 0.15) is 24.8 Å². The van der Waals surface area contributed by atoms with Crippen LogP contribution in [0.25, 0.3) is 0 Å². The summed E-state index contributed by atoms with van der Waals surface area (Å²) in [5.41, 5.74) is 0.792. The average molecular weight is 278 g/mol. The fraction of sp³-hybridized carbons (Fsp3) is 0.533. The lowest BCUT2D eigenvalue weighted by molar-refractivity contribution is -0.127. The molecular weight excluding hydrogens is 256 g/mol. The second-order valence-corrected chi connectivity index (χ2v) is 5.09. The lowest BCUT2D eigenvalue weighted by Crippen LogP contribution is -2.48. The second-order valence-electron chi connectivity index (χ2n) is 5.09. The molecule has 0 aromatic heterocycles. The zero-order chi connectivity index (χ0) is 14.5. The van der Waals surface area contributed by atoms with Crippen molar-refractivity contribution in [3.8, 4) is 11.5 Å². The van der Waals surface area contributed by atoms with E-state index >= 15 is 0 Å². The minimum Gasteiger partial charge on any atom is -0.508 e. The number of aromatic hydroxyl groups is 1. The molecule has 1 saturated heterocycles. The highest BCUT2D eigenvalue weighted by Gasteiger charge is 2.28. The number of piperidine rings is 1. The number of likely N-dealkylation sites (N-methyl/N-ethyl adjacent to an activating group) is 1. The number of carbonyl (C=O) groups excluding carboxylic acids is 1. The minimum absolute atomic E-state index is 0.0482. The summed E-state index contributed by atoms with van der Waals surface area (Å²) in [6, 6.07) is 5.07. The van der Waals surface area contributed by atoms with E-state index in [-0.39, 0.29) is 17.7 Å². The van der Waals surface area contributed by atoms with E-state index in [4.69, 9.17) is 4.74 Å². The number of hydrogen-bond acceptors (Lipinski definition) is 4. The van der Waals surface area contributed by atoms with Crippen LogP contribution in [0.5, 0.6) is 11.5 Å². The Morgan fingerprint density at radius 1 is 1.50 bits per heavy atom. The first-order valence-corrected chi connectivity index (χ1v) is 6.97. The number of amides is 1. The van der Waals surface area contributed by atoms with Crippen LogP contribution < -0.4 is 10.1 Å². The van der Waals surface area contributed by atoms with Crippen LogP contribution in [0.15, 0.2) is 18.2 Å². The first-order valence-electron chi connectivity index (χ1n) is 6.97. The number of hydrogen-bond donors (Lipinski definition) is 2. The van der Waals surface area contributed by atoms with E-state index in [1.54, 1.807) is 26.3 Å². The fourth-order valence-corrected chi connectivity index (χ4v) is 2.68. The average Bonchev–Trinajstić information content (AvgIpc) is 2.49. The van der Waals surface area contributed by atoms with E-state index in [2.05, 4.69) is 10.2 Å². The summed E-state index contributed by atoms with van der Waals surface area (Å²) in [6.07, 6.45) is 3.02. The predicted octanol–water partition coefficient (Wildman–Crippen LogP) is 1.50. The zero-order valence-electron chi connectivity index (χ0n) is 12.1. The number of nitrogens with one attached hydrogen (secondary N) is 1. The van der Waals surface area contributed by atoms with Crippen LogP contribution >= 0.6 is 0 Å². The number of methoxy groups -OCH3 is 1. The van der Waals surface area contributed by atoms with Gasteiger partial charge in [0, 0.05) is 19.2 Å². The van der Waals surface area contributed by atoms with Gasteiger partial charge in [-0.3, -0.25) is 9.69 Å². The molecular formula is C15H22N2O3. The molecule has 1 heterocycles. The summed E-state index contributed by atoms with van der Waals surface area (Å²) in [5.74, 6) is 1.01. The van der Waals surface area contributed by atoms with Crippen molar-refractivity contribution in [2.24, 2.45) is 0 Å². The van der Waals surface area contributed by atoms with E-state index in [1.165, 1.54) is 0 Å². The first-order chi connectivity index (χ1) is 9.65. The largest absolute Gasteiger partial charge is 0.508 e. The third-order valence-electron chi connectivity index (χ3n) is 3.82. The summed E-state index contributed by atoms with van der Waals surface area (Å²) in [4.78, 5) is 14.1. The maximum atomic E-state index is 11.9. The van der Waals surface area contributed by atoms with Gasteiger partial charge in [0.1, 0.15) is 11.5 Å². The number of carbonyl (C=O) groups is 1.